The molecule has 5 aliphatic rings. The average Bonchev–Trinajstić information content (AvgIpc) is 3.28. The van der Waals surface area contributed by atoms with Crippen molar-refractivity contribution in [3.8, 4) is 23.3 Å². The fourth-order valence-corrected chi connectivity index (χ4v) is 10.4. The maximum Gasteiger partial charge on any atom is 0.160 e. The number of ether oxygens (including phenoxy) is 1. The zero-order valence-corrected chi connectivity index (χ0v) is 33.4. The van der Waals surface area contributed by atoms with Gasteiger partial charge in [0.25, 0.3) is 0 Å². The molecule has 0 aromatic heterocycles. The minimum absolute atomic E-state index is 0.00877. The van der Waals surface area contributed by atoms with Crippen LogP contribution in [-0.2, 0) is 16.0 Å². The Labute approximate surface area is 338 Å². The third-order valence-corrected chi connectivity index (χ3v) is 13.6. The van der Waals surface area contributed by atoms with Crippen molar-refractivity contribution in [1.82, 2.24) is 10.6 Å². The van der Waals surface area contributed by atoms with Crippen molar-refractivity contribution in [3.05, 3.63) is 88.8 Å². The zero-order chi connectivity index (χ0) is 39.9. The van der Waals surface area contributed by atoms with Crippen LogP contribution >= 0.6 is 0 Å². The molecule has 2 aromatic rings. The van der Waals surface area contributed by atoms with Gasteiger partial charge >= 0.3 is 0 Å². The molecule has 2 saturated carbocycles. The summed E-state index contributed by atoms with van der Waals surface area (Å²) in [5.74, 6) is 9.06. The molecule has 2 aliphatic heterocycles. The van der Waals surface area contributed by atoms with Gasteiger partial charge in [-0.25, -0.2) is 0 Å². The first-order chi connectivity index (χ1) is 27.6. The van der Waals surface area contributed by atoms with Gasteiger partial charge in [0.1, 0.15) is 11.7 Å². The molecular weight excluding hydrogens is 715 g/mol. The topological polar surface area (TPSA) is 154 Å². The van der Waals surface area contributed by atoms with Crippen LogP contribution in [0.15, 0.2) is 72.1 Å². The highest BCUT2D eigenvalue weighted by Gasteiger charge is 2.44. The number of aliphatic hydroxyl groups is 2. The van der Waals surface area contributed by atoms with E-state index in [0.29, 0.717) is 92.1 Å². The largest absolute Gasteiger partial charge is 0.504 e. The fraction of sp³-hybridized carbons (Fsp3) is 0.542. The number of hydrogen-bond acceptors (Lipinski definition) is 9. The first-order valence-corrected chi connectivity index (χ1v) is 21.3. The van der Waals surface area contributed by atoms with E-state index in [0.717, 1.165) is 60.9 Å². The number of ketones is 2. The highest BCUT2D eigenvalue weighted by Crippen LogP contribution is 2.46. The molecule has 0 radical (unpaired) electrons. The molecule has 1 saturated heterocycles. The standard InChI is InChI=1S/C48H61N3O6/c1-57-47-25-35-13-20-45(55)41(44(54)19-9-31-8-16-39-36(23-31)29-51-43-27-38(53)15-18-40(39)43)17-12-32(42(35)28-46(47)56)11-14-37(52)24-33(34-21-22-50-48(49)26-34)10-7-30-5-3-2-4-6-30/h2-7,10,21,25-26,28,31-33,36-37,39-41,43-44,50-52,54,56H,8-9,11,13-16,18-20,22-24,27,29,49H2,1H3/b10-7+/t31-,32-,33+,36+,37+,39+,40-,41-,43-,44-/m1/s1. The first-order valence-electron chi connectivity index (χ1n) is 21.3. The second-order valence-corrected chi connectivity index (χ2v) is 17.2. The Bertz CT molecular complexity index is 1890. The van der Waals surface area contributed by atoms with E-state index < -0.39 is 18.1 Å². The number of aryl methyl sites for hydroxylation is 1. The van der Waals surface area contributed by atoms with Crippen molar-refractivity contribution in [1.29, 1.82) is 0 Å². The molecule has 2 heterocycles. The van der Waals surface area contributed by atoms with E-state index in [1.807, 2.05) is 36.4 Å². The minimum Gasteiger partial charge on any atom is -0.504 e. The van der Waals surface area contributed by atoms with Gasteiger partial charge < -0.3 is 36.4 Å². The van der Waals surface area contributed by atoms with Gasteiger partial charge in [-0.2, -0.15) is 0 Å². The number of piperidine rings is 1. The van der Waals surface area contributed by atoms with Crippen molar-refractivity contribution in [3.63, 3.8) is 0 Å². The normalized spacial score (nSPS) is 29.0. The number of fused-ring (bicyclic) bond motifs is 4. The molecule has 57 heavy (non-hydrogen) atoms. The summed E-state index contributed by atoms with van der Waals surface area (Å²) >= 11 is 0. The Morgan fingerprint density at radius 2 is 1.84 bits per heavy atom. The van der Waals surface area contributed by atoms with Crippen molar-refractivity contribution < 1.29 is 29.6 Å². The van der Waals surface area contributed by atoms with E-state index in [-0.39, 0.29) is 29.8 Å². The number of carbonyl (C=O) groups is 2. The molecule has 0 spiro atoms. The van der Waals surface area contributed by atoms with E-state index in [4.69, 9.17) is 10.5 Å². The molecule has 9 nitrogen and oxygen atoms in total. The lowest BCUT2D eigenvalue weighted by molar-refractivity contribution is -0.124. The number of aromatic hydroxyl groups is 1. The predicted molar refractivity (Wildman–Crippen MR) is 223 cm³/mol. The maximum atomic E-state index is 13.8. The molecule has 304 valence electrons. The lowest BCUT2D eigenvalue weighted by Crippen LogP contribution is -2.54. The van der Waals surface area contributed by atoms with Crippen molar-refractivity contribution >= 4 is 17.6 Å². The van der Waals surface area contributed by atoms with Crippen molar-refractivity contribution in [2.75, 3.05) is 20.2 Å². The van der Waals surface area contributed by atoms with Gasteiger partial charge in [-0.15, -0.1) is 0 Å². The molecule has 10 atom stereocenters. The van der Waals surface area contributed by atoms with Crippen LogP contribution in [0, 0.1) is 47.3 Å². The van der Waals surface area contributed by atoms with E-state index >= 15 is 0 Å². The summed E-state index contributed by atoms with van der Waals surface area (Å²) in [5.41, 5.74) is 9.99. The molecule has 0 unspecified atom stereocenters. The summed E-state index contributed by atoms with van der Waals surface area (Å²) < 4.78 is 5.45. The monoisotopic (exact) mass is 775 g/mol. The van der Waals surface area contributed by atoms with Crippen LogP contribution in [-0.4, -0.2) is 65.3 Å². The number of nitrogens with one attached hydrogen (secondary N) is 2. The van der Waals surface area contributed by atoms with E-state index in [1.165, 1.54) is 13.5 Å². The molecule has 3 fully saturated rings. The zero-order valence-electron chi connectivity index (χ0n) is 33.4. The number of hydrogen-bond donors (Lipinski definition) is 6. The number of carbonyl (C=O) groups excluding carboxylic acids is 2. The Kier molecular flexibility index (Phi) is 13.6. The van der Waals surface area contributed by atoms with Gasteiger partial charge in [-0.1, -0.05) is 66.8 Å². The lowest BCUT2D eigenvalue weighted by atomic mass is 9.61. The second kappa shape index (κ2) is 18.9. The molecular formula is C48H61N3O6. The Morgan fingerprint density at radius 1 is 1.00 bits per heavy atom. The molecule has 9 heteroatoms. The number of phenols is 1. The van der Waals surface area contributed by atoms with Crippen LogP contribution in [0.5, 0.6) is 11.5 Å². The first kappa shape index (κ1) is 40.8. The van der Waals surface area contributed by atoms with E-state index in [1.54, 1.807) is 12.1 Å². The quantitative estimate of drug-likeness (QED) is 0.128. The smallest absolute Gasteiger partial charge is 0.160 e. The SMILES string of the molecule is COc1cc2c(cc1O)[C@H](CC[C@H](O)C[C@H](/C=C/c1ccccc1)C1=CCNC(N)=C1)C#C[C@H]([C@H](O)CC[C@H]1CC[C@H]3[C@H](CN[C@@H]4CC(=O)CC[C@H]34)C1)C(=O)CC2. The number of allylic oxidation sites excluding steroid dienone is 3. The fourth-order valence-electron chi connectivity index (χ4n) is 10.4. The van der Waals surface area contributed by atoms with Gasteiger partial charge in [-0.3, -0.25) is 9.59 Å². The number of aliphatic hydroxyl groups excluding tert-OH is 2. The number of benzene rings is 2. The molecule has 0 amide bonds. The third-order valence-electron chi connectivity index (χ3n) is 13.6. The molecule has 7 rings (SSSR count). The van der Waals surface area contributed by atoms with Gasteiger partial charge in [0.15, 0.2) is 17.3 Å². The summed E-state index contributed by atoms with van der Waals surface area (Å²) in [7, 11) is 1.51. The number of nitrogens with two attached hydrogens (primary N) is 1. The Balaban J connectivity index is 1.03. The van der Waals surface area contributed by atoms with E-state index in [2.05, 4.69) is 40.7 Å². The summed E-state index contributed by atoms with van der Waals surface area (Å²) in [6.07, 6.45) is 16.0. The Hall–Kier alpha value is -4.36. The summed E-state index contributed by atoms with van der Waals surface area (Å²) in [4.78, 5) is 25.9. The molecule has 0 bridgehead atoms. The van der Waals surface area contributed by atoms with Crippen molar-refractivity contribution in [2.45, 2.75) is 108 Å². The number of rotatable bonds is 13. The van der Waals surface area contributed by atoms with Crippen LogP contribution in [0.2, 0.25) is 0 Å². The van der Waals surface area contributed by atoms with Crippen LogP contribution in [0.25, 0.3) is 6.08 Å². The summed E-state index contributed by atoms with van der Waals surface area (Å²) in [6.45, 7) is 1.59. The van der Waals surface area contributed by atoms with Crippen LogP contribution in [0.4, 0.5) is 0 Å². The average molecular weight is 776 g/mol. The van der Waals surface area contributed by atoms with Gasteiger partial charge in [0.2, 0.25) is 0 Å². The molecule has 2 aromatic carbocycles. The number of dihydropyridines is 1. The van der Waals surface area contributed by atoms with Crippen LogP contribution in [0.3, 0.4) is 0 Å². The lowest BCUT2D eigenvalue weighted by Gasteiger charge is -2.49. The number of phenolic OH excluding ortho intramolecular Hbond substituents is 1. The Morgan fingerprint density at radius 3 is 2.65 bits per heavy atom. The van der Waals surface area contributed by atoms with E-state index in [9.17, 15) is 24.9 Å². The predicted octanol–water partition coefficient (Wildman–Crippen LogP) is 6.32. The highest BCUT2D eigenvalue weighted by molar-refractivity contribution is 5.85. The van der Waals surface area contributed by atoms with Crippen LogP contribution < -0.4 is 21.1 Å². The van der Waals surface area contributed by atoms with Gasteiger partial charge in [0, 0.05) is 43.7 Å². The summed E-state index contributed by atoms with van der Waals surface area (Å²) in [5, 5.41) is 40.9. The number of Topliss-reactive ketones (excluding diaryl/α,β-unsaturated/α-hetero) is 2. The number of methoxy groups -OCH3 is 1. The second-order valence-electron chi connectivity index (χ2n) is 17.2. The highest BCUT2D eigenvalue weighted by atomic mass is 16.5. The molecule has 7 N–H and O–H groups in total. The molecule has 3 aliphatic carbocycles. The minimum atomic E-state index is -0.868. The van der Waals surface area contributed by atoms with Crippen LogP contribution in [0.1, 0.15) is 99.7 Å². The third kappa shape index (κ3) is 10.2. The van der Waals surface area contributed by atoms with Crippen molar-refractivity contribution in [2.24, 2.45) is 41.2 Å². The summed E-state index contributed by atoms with van der Waals surface area (Å²) in [6, 6.07) is 13.9. The maximum absolute atomic E-state index is 13.8. The van der Waals surface area contributed by atoms with Gasteiger partial charge in [0.05, 0.1) is 25.1 Å². The van der Waals surface area contributed by atoms with Gasteiger partial charge in [-0.05, 0) is 128 Å².